The van der Waals surface area contributed by atoms with E-state index < -0.39 is 17.8 Å². The molecular formula is C24H19Cl2N3O5. The Morgan fingerprint density at radius 2 is 1.71 bits per heavy atom. The number of carbonyl (C=O) groups excluding carboxylic acids is 3. The minimum atomic E-state index is -0.933. The monoisotopic (exact) mass is 499 g/mol. The van der Waals surface area contributed by atoms with Crippen molar-refractivity contribution in [2.75, 3.05) is 12.4 Å². The van der Waals surface area contributed by atoms with E-state index in [1.165, 1.54) is 37.6 Å². The van der Waals surface area contributed by atoms with Crippen molar-refractivity contribution in [3.63, 3.8) is 0 Å². The van der Waals surface area contributed by atoms with Gasteiger partial charge in [0.15, 0.2) is 11.5 Å². The van der Waals surface area contributed by atoms with Crippen LogP contribution in [0.1, 0.15) is 21.5 Å². The van der Waals surface area contributed by atoms with Crippen molar-refractivity contribution >= 4 is 52.9 Å². The third kappa shape index (κ3) is 6.57. The van der Waals surface area contributed by atoms with Gasteiger partial charge in [0, 0.05) is 5.69 Å². The van der Waals surface area contributed by atoms with Crippen molar-refractivity contribution in [2.24, 2.45) is 5.10 Å². The molecule has 0 aliphatic carbocycles. The van der Waals surface area contributed by atoms with E-state index in [-0.39, 0.29) is 22.1 Å². The molecule has 0 aliphatic rings. The number of carbonyl (C=O) groups is 3. The molecule has 3 aromatic rings. The highest BCUT2D eigenvalue weighted by Gasteiger charge is 2.15. The number of anilines is 1. The normalized spacial score (nSPS) is 10.6. The summed E-state index contributed by atoms with van der Waals surface area (Å²) in [5.41, 5.74) is 4.33. The van der Waals surface area contributed by atoms with Gasteiger partial charge in [-0.2, -0.15) is 5.10 Å². The molecule has 8 nitrogen and oxygen atoms in total. The molecule has 0 spiro atoms. The van der Waals surface area contributed by atoms with Crippen LogP contribution in [0.3, 0.4) is 0 Å². The maximum Gasteiger partial charge on any atom is 0.343 e. The molecule has 0 radical (unpaired) electrons. The van der Waals surface area contributed by atoms with Gasteiger partial charge in [-0.25, -0.2) is 10.2 Å². The van der Waals surface area contributed by atoms with Gasteiger partial charge in [0.1, 0.15) is 0 Å². The number of esters is 1. The van der Waals surface area contributed by atoms with Gasteiger partial charge in [0.25, 0.3) is 0 Å². The van der Waals surface area contributed by atoms with Gasteiger partial charge in [-0.1, -0.05) is 35.3 Å². The third-order valence-corrected chi connectivity index (χ3v) is 5.15. The quantitative estimate of drug-likeness (QED) is 0.169. The summed E-state index contributed by atoms with van der Waals surface area (Å²) in [6, 6.07) is 16.0. The molecule has 0 aromatic heterocycles. The van der Waals surface area contributed by atoms with Gasteiger partial charge in [-0.05, 0) is 66.6 Å². The van der Waals surface area contributed by atoms with Gasteiger partial charge in [-0.3, -0.25) is 9.59 Å². The molecule has 0 unspecified atom stereocenters. The number of nitrogens with zero attached hydrogens (tertiary/aromatic N) is 1. The van der Waals surface area contributed by atoms with Gasteiger partial charge in [0.05, 0.1) is 28.9 Å². The Morgan fingerprint density at radius 3 is 2.41 bits per heavy atom. The SMILES string of the molecule is COc1cc(/C=N/NC(=O)C(=O)Nc2cccc(C)c2)ccc1OC(=O)c1ccc(Cl)c(Cl)c1. The summed E-state index contributed by atoms with van der Waals surface area (Å²) in [5.74, 6) is -2.02. The van der Waals surface area contributed by atoms with Crippen LogP contribution in [0.4, 0.5) is 5.69 Å². The topological polar surface area (TPSA) is 106 Å². The number of ether oxygens (including phenoxy) is 2. The Balaban J connectivity index is 1.62. The van der Waals surface area contributed by atoms with Crippen LogP contribution in [0, 0.1) is 6.92 Å². The average molecular weight is 500 g/mol. The van der Waals surface area contributed by atoms with E-state index in [2.05, 4.69) is 15.8 Å². The van der Waals surface area contributed by atoms with Gasteiger partial charge >= 0.3 is 17.8 Å². The Labute approximate surface area is 205 Å². The minimum absolute atomic E-state index is 0.164. The van der Waals surface area contributed by atoms with Crippen molar-refractivity contribution < 1.29 is 23.9 Å². The minimum Gasteiger partial charge on any atom is -0.493 e. The largest absolute Gasteiger partial charge is 0.493 e. The Bertz CT molecular complexity index is 1280. The van der Waals surface area contributed by atoms with Gasteiger partial charge < -0.3 is 14.8 Å². The van der Waals surface area contributed by atoms with Crippen LogP contribution < -0.4 is 20.2 Å². The first kappa shape index (κ1) is 24.8. The Kier molecular flexibility index (Phi) is 8.24. The first-order valence-electron chi connectivity index (χ1n) is 9.83. The maximum atomic E-state index is 12.4. The molecule has 0 saturated heterocycles. The van der Waals surface area contributed by atoms with Crippen LogP contribution >= 0.6 is 23.2 Å². The number of rotatable bonds is 6. The summed E-state index contributed by atoms with van der Waals surface area (Å²) >= 11 is 11.8. The number of hydrogen-bond acceptors (Lipinski definition) is 6. The zero-order chi connectivity index (χ0) is 24.7. The molecule has 10 heteroatoms. The molecule has 174 valence electrons. The lowest BCUT2D eigenvalue weighted by molar-refractivity contribution is -0.136. The second-order valence-corrected chi connectivity index (χ2v) is 7.77. The average Bonchev–Trinajstić information content (AvgIpc) is 2.81. The molecule has 2 amide bonds. The lowest BCUT2D eigenvalue weighted by atomic mass is 10.2. The van der Waals surface area contributed by atoms with E-state index in [9.17, 15) is 14.4 Å². The lowest BCUT2D eigenvalue weighted by Crippen LogP contribution is -2.32. The van der Waals surface area contributed by atoms with Crippen molar-refractivity contribution in [1.82, 2.24) is 5.43 Å². The van der Waals surface area contributed by atoms with Crippen LogP contribution in [0.25, 0.3) is 0 Å². The molecule has 0 heterocycles. The highest BCUT2D eigenvalue weighted by atomic mass is 35.5. The summed E-state index contributed by atoms with van der Waals surface area (Å²) in [6.45, 7) is 1.87. The van der Waals surface area contributed by atoms with Gasteiger partial charge in [0.2, 0.25) is 0 Å². The van der Waals surface area contributed by atoms with E-state index in [0.717, 1.165) is 5.56 Å². The number of benzene rings is 3. The van der Waals surface area contributed by atoms with Gasteiger partial charge in [-0.15, -0.1) is 0 Å². The smallest absolute Gasteiger partial charge is 0.343 e. The number of nitrogens with one attached hydrogen (secondary N) is 2. The number of halogens is 2. The number of methoxy groups -OCH3 is 1. The van der Waals surface area contributed by atoms with Crippen molar-refractivity contribution in [3.05, 3.63) is 87.4 Å². The summed E-state index contributed by atoms with van der Waals surface area (Å²) < 4.78 is 10.6. The van der Waals surface area contributed by atoms with E-state index in [4.69, 9.17) is 32.7 Å². The van der Waals surface area contributed by atoms with Crippen LogP contribution in [0.2, 0.25) is 10.0 Å². The Morgan fingerprint density at radius 1 is 0.912 bits per heavy atom. The lowest BCUT2D eigenvalue weighted by Gasteiger charge is -2.10. The van der Waals surface area contributed by atoms with Crippen molar-refractivity contribution in [1.29, 1.82) is 0 Å². The number of aryl methyl sites for hydroxylation is 1. The van der Waals surface area contributed by atoms with E-state index in [0.29, 0.717) is 16.3 Å². The van der Waals surface area contributed by atoms with Crippen LogP contribution in [0.15, 0.2) is 65.8 Å². The Hall–Kier alpha value is -3.88. The summed E-state index contributed by atoms with van der Waals surface area (Å²) in [7, 11) is 1.41. The van der Waals surface area contributed by atoms with Crippen LogP contribution in [0.5, 0.6) is 11.5 Å². The number of amides is 2. The van der Waals surface area contributed by atoms with Crippen molar-refractivity contribution in [2.45, 2.75) is 6.92 Å². The molecule has 0 atom stereocenters. The molecule has 0 aliphatic heterocycles. The van der Waals surface area contributed by atoms with E-state index in [1.54, 1.807) is 30.3 Å². The predicted octanol–water partition coefficient (Wildman–Crippen LogP) is 4.62. The molecule has 34 heavy (non-hydrogen) atoms. The number of hydrogen-bond donors (Lipinski definition) is 2. The molecule has 0 saturated carbocycles. The standard InChI is InChI=1S/C24H19Cl2N3O5/c1-14-4-3-5-17(10-14)28-22(30)23(31)29-27-13-15-6-9-20(21(11-15)33-2)34-24(32)16-7-8-18(25)19(26)12-16/h3-13H,1-2H3,(H,28,30)(H,29,31)/b27-13+. The summed E-state index contributed by atoms with van der Waals surface area (Å²) in [6.07, 6.45) is 1.31. The molecule has 2 N–H and O–H groups in total. The molecule has 0 fully saturated rings. The van der Waals surface area contributed by atoms with Crippen LogP contribution in [-0.4, -0.2) is 31.1 Å². The second kappa shape index (κ2) is 11.3. The fourth-order valence-corrected chi connectivity index (χ4v) is 3.06. The molecule has 3 rings (SSSR count). The molecule has 3 aromatic carbocycles. The zero-order valence-electron chi connectivity index (χ0n) is 18.1. The summed E-state index contributed by atoms with van der Waals surface area (Å²) in [5, 5.41) is 6.81. The molecule has 0 bridgehead atoms. The zero-order valence-corrected chi connectivity index (χ0v) is 19.6. The van der Waals surface area contributed by atoms with Crippen LogP contribution in [-0.2, 0) is 9.59 Å². The molecular weight excluding hydrogens is 481 g/mol. The second-order valence-electron chi connectivity index (χ2n) is 6.95. The first-order valence-corrected chi connectivity index (χ1v) is 10.6. The van der Waals surface area contributed by atoms with E-state index in [1.807, 2.05) is 13.0 Å². The third-order valence-electron chi connectivity index (χ3n) is 4.41. The first-order chi connectivity index (χ1) is 16.3. The maximum absolute atomic E-state index is 12.4. The fourth-order valence-electron chi connectivity index (χ4n) is 2.76. The predicted molar refractivity (Wildman–Crippen MR) is 130 cm³/mol. The van der Waals surface area contributed by atoms with Crippen molar-refractivity contribution in [3.8, 4) is 11.5 Å². The number of hydrazone groups is 1. The fraction of sp³-hybridized carbons (Fsp3) is 0.0833. The van der Waals surface area contributed by atoms with E-state index >= 15 is 0 Å². The highest BCUT2D eigenvalue weighted by molar-refractivity contribution is 6.42. The highest BCUT2D eigenvalue weighted by Crippen LogP contribution is 2.29. The summed E-state index contributed by atoms with van der Waals surface area (Å²) in [4.78, 5) is 36.4.